The fourth-order valence-corrected chi connectivity index (χ4v) is 2.92. The van der Waals surface area contributed by atoms with Crippen molar-refractivity contribution in [2.24, 2.45) is 5.92 Å². The first-order valence-electron chi connectivity index (χ1n) is 11.0. The van der Waals surface area contributed by atoms with Gasteiger partial charge in [0.25, 0.3) is 5.91 Å². The number of amides is 2. The fourth-order valence-electron chi connectivity index (χ4n) is 2.92. The second kappa shape index (κ2) is 12.1. The van der Waals surface area contributed by atoms with E-state index in [1.807, 2.05) is 30.3 Å². The van der Waals surface area contributed by atoms with Crippen LogP contribution in [0, 0.1) is 5.92 Å². The van der Waals surface area contributed by atoms with Crippen molar-refractivity contribution in [2.45, 2.75) is 20.5 Å². The molecule has 0 aliphatic heterocycles. The molecule has 8 nitrogen and oxygen atoms in total. The highest BCUT2D eigenvalue weighted by molar-refractivity contribution is 6.00. The standard InChI is InChI=1S/C27H26N2O6/c1-18(2)25(31)29-21-14-12-20(13-15-21)27(33)35-23-11-7-6-10-22(23)26(32)28-16-24(30)34-17-19-8-4-3-5-9-19/h3-15,18H,16-17H2,1-2H3,(H,28,32)(H,29,31). The molecule has 0 spiro atoms. The minimum atomic E-state index is -0.672. The molecule has 0 atom stereocenters. The molecule has 0 saturated heterocycles. The van der Waals surface area contributed by atoms with Gasteiger partial charge in [-0.2, -0.15) is 0 Å². The molecule has 0 saturated carbocycles. The summed E-state index contributed by atoms with van der Waals surface area (Å²) in [5.74, 6) is -2.12. The zero-order chi connectivity index (χ0) is 25.2. The number of benzene rings is 3. The van der Waals surface area contributed by atoms with Gasteiger partial charge < -0.3 is 20.1 Å². The Kier molecular flexibility index (Phi) is 8.72. The van der Waals surface area contributed by atoms with Gasteiger partial charge in [0.1, 0.15) is 18.9 Å². The van der Waals surface area contributed by atoms with Crippen LogP contribution in [0.25, 0.3) is 0 Å². The highest BCUT2D eigenvalue weighted by Crippen LogP contribution is 2.20. The third-order valence-electron chi connectivity index (χ3n) is 4.88. The van der Waals surface area contributed by atoms with Crippen LogP contribution in [0.3, 0.4) is 0 Å². The van der Waals surface area contributed by atoms with E-state index < -0.39 is 17.8 Å². The number of hydrogen-bond donors (Lipinski definition) is 2. The number of carbonyl (C=O) groups excluding carboxylic acids is 4. The number of esters is 2. The summed E-state index contributed by atoms with van der Waals surface area (Å²) >= 11 is 0. The molecule has 2 amide bonds. The highest BCUT2D eigenvalue weighted by Gasteiger charge is 2.17. The van der Waals surface area contributed by atoms with Crippen LogP contribution in [0.1, 0.15) is 40.1 Å². The number of carbonyl (C=O) groups is 4. The van der Waals surface area contributed by atoms with E-state index in [4.69, 9.17) is 9.47 Å². The number of rotatable bonds is 9. The van der Waals surface area contributed by atoms with Crippen molar-refractivity contribution in [1.29, 1.82) is 0 Å². The second-order valence-corrected chi connectivity index (χ2v) is 7.94. The Morgan fingerprint density at radius 2 is 1.49 bits per heavy atom. The number of nitrogens with one attached hydrogen (secondary N) is 2. The van der Waals surface area contributed by atoms with Gasteiger partial charge in [-0.25, -0.2) is 4.79 Å². The quantitative estimate of drug-likeness (QED) is 0.359. The van der Waals surface area contributed by atoms with Crippen molar-refractivity contribution in [1.82, 2.24) is 5.32 Å². The monoisotopic (exact) mass is 474 g/mol. The Labute approximate surface area is 203 Å². The lowest BCUT2D eigenvalue weighted by Gasteiger charge is -2.11. The highest BCUT2D eigenvalue weighted by atomic mass is 16.5. The number of hydrogen-bond acceptors (Lipinski definition) is 6. The third-order valence-corrected chi connectivity index (χ3v) is 4.88. The lowest BCUT2D eigenvalue weighted by Crippen LogP contribution is -2.31. The van der Waals surface area contributed by atoms with E-state index in [2.05, 4.69) is 10.6 Å². The molecule has 0 aliphatic rings. The van der Waals surface area contributed by atoms with E-state index in [-0.39, 0.29) is 41.9 Å². The first-order chi connectivity index (χ1) is 16.8. The SMILES string of the molecule is CC(C)C(=O)Nc1ccc(C(=O)Oc2ccccc2C(=O)NCC(=O)OCc2ccccc2)cc1. The molecule has 0 aromatic heterocycles. The maximum atomic E-state index is 12.6. The van der Waals surface area contributed by atoms with Gasteiger partial charge >= 0.3 is 11.9 Å². The van der Waals surface area contributed by atoms with Crippen molar-refractivity contribution in [3.05, 3.63) is 95.6 Å². The zero-order valence-corrected chi connectivity index (χ0v) is 19.4. The van der Waals surface area contributed by atoms with Gasteiger partial charge in [-0.15, -0.1) is 0 Å². The smallest absolute Gasteiger partial charge is 0.343 e. The van der Waals surface area contributed by atoms with Gasteiger partial charge in [-0.1, -0.05) is 56.3 Å². The van der Waals surface area contributed by atoms with Gasteiger partial charge in [-0.3, -0.25) is 14.4 Å². The molecule has 0 aliphatic carbocycles. The normalized spacial score (nSPS) is 10.4. The summed E-state index contributed by atoms with van der Waals surface area (Å²) in [5, 5.41) is 5.22. The van der Waals surface area contributed by atoms with Crippen LogP contribution in [0.5, 0.6) is 5.75 Å². The number of anilines is 1. The lowest BCUT2D eigenvalue weighted by molar-refractivity contribution is -0.143. The molecule has 0 heterocycles. The summed E-state index contributed by atoms with van der Waals surface area (Å²) in [4.78, 5) is 49.0. The predicted octanol–water partition coefficient (Wildman–Crippen LogP) is 3.97. The van der Waals surface area contributed by atoms with Gasteiger partial charge in [0.05, 0.1) is 11.1 Å². The van der Waals surface area contributed by atoms with E-state index >= 15 is 0 Å². The molecule has 0 fully saturated rings. The molecule has 0 radical (unpaired) electrons. The maximum Gasteiger partial charge on any atom is 0.343 e. The summed E-state index contributed by atoms with van der Waals surface area (Å²) in [6.45, 7) is 3.33. The Hall–Kier alpha value is -4.46. The third kappa shape index (κ3) is 7.53. The van der Waals surface area contributed by atoms with Crippen molar-refractivity contribution >= 4 is 29.4 Å². The van der Waals surface area contributed by atoms with Crippen LogP contribution in [-0.2, 0) is 20.9 Å². The van der Waals surface area contributed by atoms with Gasteiger partial charge in [0, 0.05) is 11.6 Å². The van der Waals surface area contributed by atoms with Crippen LogP contribution in [0.15, 0.2) is 78.9 Å². The maximum absolute atomic E-state index is 12.6. The van der Waals surface area contributed by atoms with Crippen LogP contribution < -0.4 is 15.4 Å². The minimum absolute atomic E-state index is 0.0461. The van der Waals surface area contributed by atoms with Crippen LogP contribution in [0.4, 0.5) is 5.69 Å². The molecule has 0 bridgehead atoms. The van der Waals surface area contributed by atoms with E-state index in [1.165, 1.54) is 24.3 Å². The van der Waals surface area contributed by atoms with E-state index in [1.54, 1.807) is 38.1 Å². The van der Waals surface area contributed by atoms with E-state index in [0.29, 0.717) is 5.69 Å². The van der Waals surface area contributed by atoms with Crippen LogP contribution >= 0.6 is 0 Å². The molecule has 180 valence electrons. The number of para-hydroxylation sites is 1. The average Bonchev–Trinajstić information content (AvgIpc) is 2.87. The molecule has 2 N–H and O–H groups in total. The largest absolute Gasteiger partial charge is 0.460 e. The Morgan fingerprint density at radius 1 is 0.829 bits per heavy atom. The summed E-state index contributed by atoms with van der Waals surface area (Å²) < 4.78 is 10.6. The van der Waals surface area contributed by atoms with Crippen LogP contribution in [0.2, 0.25) is 0 Å². The molecular formula is C27H26N2O6. The van der Waals surface area contributed by atoms with Gasteiger partial charge in [0.15, 0.2) is 0 Å². The van der Waals surface area contributed by atoms with Crippen molar-refractivity contribution in [3.8, 4) is 5.75 Å². The zero-order valence-electron chi connectivity index (χ0n) is 19.4. The molecule has 35 heavy (non-hydrogen) atoms. The first kappa shape index (κ1) is 25.2. The number of ether oxygens (including phenoxy) is 2. The summed E-state index contributed by atoms with van der Waals surface area (Å²) in [5.41, 5.74) is 1.73. The summed E-state index contributed by atoms with van der Waals surface area (Å²) in [6, 6.07) is 21.6. The second-order valence-electron chi connectivity index (χ2n) is 7.94. The van der Waals surface area contributed by atoms with E-state index in [0.717, 1.165) is 5.56 Å². The van der Waals surface area contributed by atoms with Crippen LogP contribution in [-0.4, -0.2) is 30.3 Å². The molecule has 3 aromatic carbocycles. The minimum Gasteiger partial charge on any atom is -0.460 e. The van der Waals surface area contributed by atoms with Gasteiger partial charge in [-0.05, 0) is 42.0 Å². The Morgan fingerprint density at radius 3 is 2.17 bits per heavy atom. The molecule has 8 heteroatoms. The lowest BCUT2D eigenvalue weighted by atomic mass is 10.1. The topological polar surface area (TPSA) is 111 Å². The summed E-state index contributed by atoms with van der Waals surface area (Å²) in [7, 11) is 0. The first-order valence-corrected chi connectivity index (χ1v) is 11.0. The predicted molar refractivity (Wildman–Crippen MR) is 130 cm³/mol. The fraction of sp³-hybridized carbons (Fsp3) is 0.185. The van der Waals surface area contributed by atoms with Gasteiger partial charge in [0.2, 0.25) is 5.91 Å². The Bertz CT molecular complexity index is 1190. The van der Waals surface area contributed by atoms with Crippen molar-refractivity contribution < 1.29 is 28.7 Å². The molecule has 0 unspecified atom stereocenters. The molecule has 3 aromatic rings. The van der Waals surface area contributed by atoms with Crippen molar-refractivity contribution in [2.75, 3.05) is 11.9 Å². The molecule has 3 rings (SSSR count). The summed E-state index contributed by atoms with van der Waals surface area (Å²) in [6.07, 6.45) is 0. The van der Waals surface area contributed by atoms with Crippen molar-refractivity contribution in [3.63, 3.8) is 0 Å². The Balaban J connectivity index is 1.57. The average molecular weight is 475 g/mol. The van der Waals surface area contributed by atoms with E-state index in [9.17, 15) is 19.2 Å². The molecular weight excluding hydrogens is 448 g/mol.